The van der Waals surface area contributed by atoms with Crippen molar-refractivity contribution in [3.63, 3.8) is 0 Å². The third-order valence-corrected chi connectivity index (χ3v) is 3.21. The molecule has 0 aliphatic heterocycles. The lowest BCUT2D eigenvalue weighted by molar-refractivity contribution is -0.141. The quantitative estimate of drug-likeness (QED) is 0.861. The Hall–Kier alpha value is -2.29. The van der Waals surface area contributed by atoms with Gasteiger partial charge in [-0.25, -0.2) is 4.79 Å². The summed E-state index contributed by atoms with van der Waals surface area (Å²) in [7, 11) is 1.40. The van der Waals surface area contributed by atoms with Crippen LogP contribution in [0.3, 0.4) is 0 Å². The van der Waals surface area contributed by atoms with E-state index in [4.69, 9.17) is 4.74 Å². The average Bonchev–Trinajstić information content (AvgIpc) is 2.47. The first-order valence-electron chi connectivity index (χ1n) is 6.58. The van der Waals surface area contributed by atoms with Crippen LogP contribution in [0.1, 0.15) is 22.7 Å². The summed E-state index contributed by atoms with van der Waals surface area (Å²) < 4.78 is 4.89. The molecule has 3 nitrogen and oxygen atoms in total. The van der Waals surface area contributed by atoms with Gasteiger partial charge in [-0.2, -0.15) is 0 Å². The SMILES string of the molecule is COC(=O)C(Nc1ccc(C)cc1)c1ccc(C)cc1. The van der Waals surface area contributed by atoms with Crippen LogP contribution in [0.15, 0.2) is 48.5 Å². The van der Waals surface area contributed by atoms with Crippen LogP contribution in [0.4, 0.5) is 5.69 Å². The summed E-state index contributed by atoms with van der Waals surface area (Å²) in [5.41, 5.74) is 4.13. The largest absolute Gasteiger partial charge is 0.467 e. The lowest BCUT2D eigenvalue weighted by Gasteiger charge is -2.18. The summed E-state index contributed by atoms with van der Waals surface area (Å²) in [5.74, 6) is -0.297. The van der Waals surface area contributed by atoms with Gasteiger partial charge in [-0.05, 0) is 31.5 Å². The number of anilines is 1. The molecule has 0 fully saturated rings. The number of hydrogen-bond acceptors (Lipinski definition) is 3. The van der Waals surface area contributed by atoms with Gasteiger partial charge < -0.3 is 10.1 Å². The van der Waals surface area contributed by atoms with Crippen molar-refractivity contribution >= 4 is 11.7 Å². The van der Waals surface area contributed by atoms with E-state index < -0.39 is 6.04 Å². The molecule has 0 saturated heterocycles. The van der Waals surface area contributed by atoms with E-state index in [0.717, 1.165) is 16.8 Å². The lowest BCUT2D eigenvalue weighted by Crippen LogP contribution is -2.22. The minimum atomic E-state index is -0.497. The Bertz CT molecular complexity index is 573. The number of hydrogen-bond donors (Lipinski definition) is 1. The Morgan fingerprint density at radius 1 is 0.950 bits per heavy atom. The molecule has 1 unspecified atom stereocenters. The van der Waals surface area contributed by atoms with Gasteiger partial charge in [0.15, 0.2) is 6.04 Å². The van der Waals surface area contributed by atoms with Gasteiger partial charge in [0.2, 0.25) is 0 Å². The molecule has 0 bridgehead atoms. The average molecular weight is 269 g/mol. The van der Waals surface area contributed by atoms with Crippen LogP contribution >= 0.6 is 0 Å². The highest BCUT2D eigenvalue weighted by Gasteiger charge is 2.20. The van der Waals surface area contributed by atoms with E-state index in [-0.39, 0.29) is 5.97 Å². The molecule has 0 aliphatic rings. The number of ether oxygens (including phenoxy) is 1. The third kappa shape index (κ3) is 3.38. The van der Waals surface area contributed by atoms with E-state index in [1.807, 2.05) is 62.4 Å². The molecule has 0 amide bonds. The van der Waals surface area contributed by atoms with Crippen molar-refractivity contribution in [2.45, 2.75) is 19.9 Å². The number of nitrogens with one attached hydrogen (secondary N) is 1. The molecule has 0 radical (unpaired) electrons. The lowest BCUT2D eigenvalue weighted by atomic mass is 10.0. The van der Waals surface area contributed by atoms with E-state index in [0.29, 0.717) is 0 Å². The Kier molecular flexibility index (Phi) is 4.41. The number of methoxy groups -OCH3 is 1. The first kappa shape index (κ1) is 14.1. The van der Waals surface area contributed by atoms with E-state index in [1.165, 1.54) is 12.7 Å². The van der Waals surface area contributed by atoms with Crippen molar-refractivity contribution in [1.29, 1.82) is 0 Å². The first-order chi connectivity index (χ1) is 9.60. The van der Waals surface area contributed by atoms with Crippen molar-refractivity contribution in [2.24, 2.45) is 0 Å². The number of rotatable bonds is 4. The molecule has 0 aromatic heterocycles. The van der Waals surface area contributed by atoms with Crippen molar-refractivity contribution < 1.29 is 9.53 Å². The fourth-order valence-electron chi connectivity index (χ4n) is 1.97. The van der Waals surface area contributed by atoms with Gasteiger partial charge in [-0.15, -0.1) is 0 Å². The van der Waals surface area contributed by atoms with Gasteiger partial charge in [0.1, 0.15) is 0 Å². The molecule has 0 spiro atoms. The second-order valence-corrected chi connectivity index (χ2v) is 4.88. The van der Waals surface area contributed by atoms with E-state index in [1.54, 1.807) is 0 Å². The predicted octanol–water partition coefficient (Wildman–Crippen LogP) is 3.63. The van der Waals surface area contributed by atoms with Gasteiger partial charge >= 0.3 is 5.97 Å². The molecule has 2 rings (SSSR count). The molecular weight excluding hydrogens is 250 g/mol. The van der Waals surface area contributed by atoms with Gasteiger partial charge in [0.05, 0.1) is 7.11 Å². The minimum Gasteiger partial charge on any atom is -0.467 e. The maximum atomic E-state index is 12.0. The standard InChI is InChI=1S/C17H19NO2/c1-12-4-8-14(9-5-12)16(17(19)20-3)18-15-10-6-13(2)7-11-15/h4-11,16,18H,1-3H3. The highest BCUT2D eigenvalue weighted by atomic mass is 16.5. The molecule has 0 aliphatic carbocycles. The highest BCUT2D eigenvalue weighted by molar-refractivity contribution is 5.81. The van der Waals surface area contributed by atoms with Crippen LogP contribution in [-0.2, 0) is 9.53 Å². The highest BCUT2D eigenvalue weighted by Crippen LogP contribution is 2.21. The molecule has 104 valence electrons. The van der Waals surface area contributed by atoms with Crippen molar-refractivity contribution in [3.8, 4) is 0 Å². The smallest absolute Gasteiger partial charge is 0.332 e. The van der Waals surface area contributed by atoms with Gasteiger partial charge in [0.25, 0.3) is 0 Å². The van der Waals surface area contributed by atoms with E-state index >= 15 is 0 Å². The van der Waals surface area contributed by atoms with Crippen molar-refractivity contribution in [3.05, 3.63) is 65.2 Å². The van der Waals surface area contributed by atoms with Crippen LogP contribution in [-0.4, -0.2) is 13.1 Å². The summed E-state index contributed by atoms with van der Waals surface area (Å²) in [6, 6.07) is 15.3. The fourth-order valence-corrected chi connectivity index (χ4v) is 1.97. The van der Waals surface area contributed by atoms with Crippen molar-refractivity contribution in [2.75, 3.05) is 12.4 Å². The molecule has 2 aromatic carbocycles. The number of carbonyl (C=O) groups excluding carboxylic acids is 1. The van der Waals surface area contributed by atoms with Crippen LogP contribution in [0.25, 0.3) is 0 Å². The van der Waals surface area contributed by atoms with Crippen molar-refractivity contribution in [1.82, 2.24) is 0 Å². The zero-order valence-electron chi connectivity index (χ0n) is 12.0. The zero-order valence-corrected chi connectivity index (χ0v) is 12.0. The fraction of sp³-hybridized carbons (Fsp3) is 0.235. The minimum absolute atomic E-state index is 0.297. The number of carbonyl (C=O) groups is 1. The van der Waals surface area contributed by atoms with E-state index in [9.17, 15) is 4.79 Å². The predicted molar refractivity (Wildman–Crippen MR) is 80.7 cm³/mol. The molecular formula is C17H19NO2. The summed E-state index contributed by atoms with van der Waals surface area (Å²) in [4.78, 5) is 12.0. The zero-order chi connectivity index (χ0) is 14.5. The number of aryl methyl sites for hydroxylation is 2. The Balaban J connectivity index is 2.26. The molecule has 20 heavy (non-hydrogen) atoms. The monoisotopic (exact) mass is 269 g/mol. The summed E-state index contributed by atoms with van der Waals surface area (Å²) >= 11 is 0. The van der Waals surface area contributed by atoms with E-state index in [2.05, 4.69) is 5.32 Å². The van der Waals surface area contributed by atoms with Crippen LogP contribution < -0.4 is 5.32 Å². The normalized spacial score (nSPS) is 11.8. The van der Waals surface area contributed by atoms with Crippen LogP contribution in [0, 0.1) is 13.8 Å². The molecule has 3 heteroatoms. The topological polar surface area (TPSA) is 38.3 Å². The molecule has 0 heterocycles. The second-order valence-electron chi connectivity index (χ2n) is 4.88. The van der Waals surface area contributed by atoms with Gasteiger partial charge in [-0.1, -0.05) is 47.5 Å². The third-order valence-electron chi connectivity index (χ3n) is 3.21. The molecule has 1 atom stereocenters. The maximum Gasteiger partial charge on any atom is 0.332 e. The summed E-state index contributed by atoms with van der Waals surface area (Å²) in [6.45, 7) is 4.05. The Morgan fingerprint density at radius 3 is 1.95 bits per heavy atom. The van der Waals surface area contributed by atoms with Crippen LogP contribution in [0.5, 0.6) is 0 Å². The Morgan fingerprint density at radius 2 is 1.45 bits per heavy atom. The van der Waals surface area contributed by atoms with Gasteiger partial charge in [-0.3, -0.25) is 0 Å². The van der Waals surface area contributed by atoms with Gasteiger partial charge in [0, 0.05) is 5.69 Å². The first-order valence-corrected chi connectivity index (χ1v) is 6.58. The summed E-state index contributed by atoms with van der Waals surface area (Å²) in [5, 5.41) is 3.22. The Labute approximate surface area is 119 Å². The second kappa shape index (κ2) is 6.24. The summed E-state index contributed by atoms with van der Waals surface area (Å²) in [6.07, 6.45) is 0. The number of esters is 1. The maximum absolute atomic E-state index is 12.0. The molecule has 0 saturated carbocycles. The van der Waals surface area contributed by atoms with Crippen LogP contribution in [0.2, 0.25) is 0 Å². The number of benzene rings is 2. The molecule has 1 N–H and O–H groups in total. The molecule has 2 aromatic rings.